The lowest BCUT2D eigenvalue weighted by atomic mass is 10.1. The van der Waals surface area contributed by atoms with Gasteiger partial charge in [0.15, 0.2) is 0 Å². The van der Waals surface area contributed by atoms with Crippen LogP contribution in [0.5, 0.6) is 5.75 Å². The van der Waals surface area contributed by atoms with Gasteiger partial charge in [-0.3, -0.25) is 9.52 Å². The number of carbonyl (C=O) groups is 1. The smallest absolute Gasteiger partial charge is 0.265 e. The van der Waals surface area contributed by atoms with Crippen LogP contribution in [0.15, 0.2) is 59.5 Å². The Kier molecular flexibility index (Phi) is 6.26. The summed E-state index contributed by atoms with van der Waals surface area (Å²) in [6.45, 7) is 0. The molecule has 148 valence electrons. The molecule has 0 heterocycles. The Bertz CT molecular complexity index is 988. The van der Waals surface area contributed by atoms with Gasteiger partial charge in [-0.25, -0.2) is 8.42 Å². The lowest BCUT2D eigenvalue weighted by Crippen LogP contribution is -2.17. The largest absolute Gasteiger partial charge is 0.495 e. The Morgan fingerprint density at radius 1 is 1.18 bits per heavy atom. The van der Waals surface area contributed by atoms with E-state index in [1.807, 2.05) is 6.08 Å². The second kappa shape index (κ2) is 8.67. The Labute approximate surface area is 169 Å². The van der Waals surface area contributed by atoms with Gasteiger partial charge < -0.3 is 10.1 Å². The van der Waals surface area contributed by atoms with E-state index in [2.05, 4.69) is 16.1 Å². The zero-order valence-electron chi connectivity index (χ0n) is 15.3. The molecule has 8 heteroatoms. The summed E-state index contributed by atoms with van der Waals surface area (Å²) >= 11 is 5.84. The number of sulfonamides is 1. The van der Waals surface area contributed by atoms with Crippen LogP contribution in [0.25, 0.3) is 0 Å². The predicted octanol–water partition coefficient (Wildman–Crippen LogP) is 4.44. The van der Waals surface area contributed by atoms with E-state index in [9.17, 15) is 13.2 Å². The molecule has 0 aromatic heterocycles. The van der Waals surface area contributed by atoms with Gasteiger partial charge >= 0.3 is 0 Å². The Morgan fingerprint density at radius 3 is 2.54 bits per heavy atom. The van der Waals surface area contributed by atoms with Crippen LogP contribution >= 0.6 is 11.6 Å². The first-order valence-electron chi connectivity index (χ1n) is 8.80. The summed E-state index contributed by atoms with van der Waals surface area (Å²) in [5, 5.41) is 3.27. The highest BCUT2D eigenvalue weighted by molar-refractivity contribution is 7.92. The first-order chi connectivity index (χ1) is 13.4. The third-order valence-electron chi connectivity index (χ3n) is 4.39. The number of carbonyl (C=O) groups excluding carboxylic acids is 1. The van der Waals surface area contributed by atoms with Gasteiger partial charge in [0.2, 0.25) is 5.91 Å². The summed E-state index contributed by atoms with van der Waals surface area (Å²) in [7, 11) is -2.54. The van der Waals surface area contributed by atoms with Gasteiger partial charge in [0, 0.05) is 22.8 Å². The number of hydrogen-bond donors (Lipinski definition) is 2. The quantitative estimate of drug-likeness (QED) is 0.648. The molecule has 2 aromatic rings. The number of rotatable bonds is 7. The first-order valence-corrected chi connectivity index (χ1v) is 10.7. The van der Waals surface area contributed by atoms with E-state index < -0.39 is 10.0 Å². The number of nitrogens with one attached hydrogen (secondary N) is 2. The van der Waals surface area contributed by atoms with E-state index in [0.717, 1.165) is 12.8 Å². The van der Waals surface area contributed by atoms with E-state index in [1.54, 1.807) is 30.3 Å². The van der Waals surface area contributed by atoms with E-state index in [4.69, 9.17) is 16.3 Å². The topological polar surface area (TPSA) is 84.5 Å². The van der Waals surface area contributed by atoms with Crippen molar-refractivity contribution in [3.8, 4) is 5.75 Å². The van der Waals surface area contributed by atoms with Gasteiger partial charge in [-0.1, -0.05) is 23.8 Å². The molecule has 1 amide bonds. The van der Waals surface area contributed by atoms with Gasteiger partial charge in [0.05, 0.1) is 7.11 Å². The molecule has 28 heavy (non-hydrogen) atoms. The molecule has 1 atom stereocenters. The predicted molar refractivity (Wildman–Crippen MR) is 110 cm³/mol. The number of halogens is 1. The third kappa shape index (κ3) is 5.05. The van der Waals surface area contributed by atoms with Crippen molar-refractivity contribution in [3.05, 3.63) is 59.6 Å². The van der Waals surface area contributed by atoms with Crippen molar-refractivity contribution < 1.29 is 17.9 Å². The molecule has 1 aliphatic rings. The normalized spacial score (nSPS) is 16.0. The number of hydrogen-bond acceptors (Lipinski definition) is 4. The Balaban J connectivity index is 1.80. The second-order valence-electron chi connectivity index (χ2n) is 6.50. The maximum atomic E-state index is 12.8. The molecule has 3 rings (SSSR count). The van der Waals surface area contributed by atoms with Gasteiger partial charge in [-0.05, 0) is 61.2 Å². The highest BCUT2D eigenvalue weighted by atomic mass is 35.5. The number of methoxy groups -OCH3 is 1. The van der Waals surface area contributed by atoms with Crippen molar-refractivity contribution in [3.63, 3.8) is 0 Å². The van der Waals surface area contributed by atoms with Gasteiger partial charge in [0.25, 0.3) is 10.0 Å². The SMILES string of the molecule is COc1ccc(NC(=O)C[C@@H]2C=CCC2)cc1S(=O)(=O)Nc1ccc(Cl)cc1. The standard InChI is InChI=1S/C20H21ClN2O4S/c1-27-18-11-10-17(22-20(24)12-14-4-2-3-5-14)13-19(18)28(25,26)23-16-8-6-15(21)7-9-16/h2,4,6-11,13-14,23H,3,5,12H2,1H3,(H,22,24)/t14-/m1/s1. The fourth-order valence-electron chi connectivity index (χ4n) is 3.01. The van der Waals surface area contributed by atoms with Crippen molar-refractivity contribution in [2.75, 3.05) is 17.1 Å². The highest BCUT2D eigenvalue weighted by Gasteiger charge is 2.21. The molecule has 0 saturated heterocycles. The van der Waals surface area contributed by atoms with E-state index >= 15 is 0 Å². The molecule has 2 aromatic carbocycles. The second-order valence-corrected chi connectivity index (χ2v) is 8.58. The molecule has 6 nitrogen and oxygen atoms in total. The van der Waals surface area contributed by atoms with E-state index in [0.29, 0.717) is 22.8 Å². The van der Waals surface area contributed by atoms with E-state index in [1.165, 1.54) is 19.2 Å². The van der Waals surface area contributed by atoms with Crippen LogP contribution in [0.3, 0.4) is 0 Å². The van der Waals surface area contributed by atoms with Crippen LogP contribution in [0.2, 0.25) is 5.02 Å². The minimum atomic E-state index is -3.93. The average molecular weight is 421 g/mol. The van der Waals surface area contributed by atoms with Crippen LogP contribution < -0.4 is 14.8 Å². The number of anilines is 2. The number of benzene rings is 2. The summed E-state index contributed by atoms with van der Waals surface area (Å²) in [5.41, 5.74) is 0.762. The summed E-state index contributed by atoms with van der Waals surface area (Å²) < 4.78 is 33.4. The Morgan fingerprint density at radius 2 is 1.89 bits per heavy atom. The lowest BCUT2D eigenvalue weighted by Gasteiger charge is -2.14. The molecular formula is C20H21ClN2O4S. The molecule has 1 aliphatic carbocycles. The minimum absolute atomic E-state index is 0.0662. The van der Waals surface area contributed by atoms with Crippen LogP contribution in [0.1, 0.15) is 19.3 Å². The maximum absolute atomic E-state index is 12.8. The van der Waals surface area contributed by atoms with E-state index in [-0.39, 0.29) is 22.5 Å². The highest BCUT2D eigenvalue weighted by Crippen LogP contribution is 2.29. The summed E-state index contributed by atoms with van der Waals surface area (Å²) in [4.78, 5) is 12.2. The van der Waals surface area contributed by atoms with Crippen LogP contribution in [-0.4, -0.2) is 21.4 Å². The number of ether oxygens (including phenoxy) is 1. The summed E-state index contributed by atoms with van der Waals surface area (Å²) in [6, 6.07) is 10.8. The molecule has 0 radical (unpaired) electrons. The minimum Gasteiger partial charge on any atom is -0.495 e. The maximum Gasteiger partial charge on any atom is 0.265 e. The average Bonchev–Trinajstić information content (AvgIpc) is 3.16. The van der Waals surface area contributed by atoms with Crippen molar-refractivity contribution >= 4 is 38.9 Å². The molecule has 2 N–H and O–H groups in total. The number of allylic oxidation sites excluding steroid dienone is 2. The molecule has 0 aliphatic heterocycles. The Hall–Kier alpha value is -2.51. The van der Waals surface area contributed by atoms with Crippen molar-refractivity contribution in [1.82, 2.24) is 0 Å². The van der Waals surface area contributed by atoms with Gasteiger partial charge in [-0.2, -0.15) is 0 Å². The monoisotopic (exact) mass is 420 g/mol. The molecule has 0 fully saturated rings. The van der Waals surface area contributed by atoms with Gasteiger partial charge in [0.1, 0.15) is 10.6 Å². The lowest BCUT2D eigenvalue weighted by molar-refractivity contribution is -0.116. The van der Waals surface area contributed by atoms with Crippen molar-refractivity contribution in [2.45, 2.75) is 24.2 Å². The molecule has 0 bridgehead atoms. The summed E-state index contributed by atoms with van der Waals surface area (Å²) in [6.07, 6.45) is 6.42. The fourth-order valence-corrected chi connectivity index (χ4v) is 4.39. The zero-order valence-corrected chi connectivity index (χ0v) is 16.9. The van der Waals surface area contributed by atoms with Crippen LogP contribution in [-0.2, 0) is 14.8 Å². The summed E-state index contributed by atoms with van der Waals surface area (Å²) in [5.74, 6) is 0.252. The fraction of sp³-hybridized carbons (Fsp3) is 0.250. The van der Waals surface area contributed by atoms with Crippen molar-refractivity contribution in [2.24, 2.45) is 5.92 Å². The first kappa shape index (κ1) is 20.2. The zero-order chi connectivity index (χ0) is 20.1. The molecular weight excluding hydrogens is 400 g/mol. The van der Waals surface area contributed by atoms with Crippen LogP contribution in [0.4, 0.5) is 11.4 Å². The molecule has 0 spiro atoms. The number of amides is 1. The van der Waals surface area contributed by atoms with Crippen LogP contribution in [0, 0.1) is 5.92 Å². The molecule has 0 unspecified atom stereocenters. The van der Waals surface area contributed by atoms with Crippen molar-refractivity contribution in [1.29, 1.82) is 0 Å². The molecule has 0 saturated carbocycles. The van der Waals surface area contributed by atoms with Gasteiger partial charge in [-0.15, -0.1) is 0 Å². The third-order valence-corrected chi connectivity index (χ3v) is 6.05.